The summed E-state index contributed by atoms with van der Waals surface area (Å²) in [7, 11) is 1.48. The van der Waals surface area contributed by atoms with Crippen molar-refractivity contribution in [1.29, 1.82) is 0 Å². The molecule has 1 spiro atoms. The van der Waals surface area contributed by atoms with Crippen molar-refractivity contribution in [2.75, 3.05) is 51.7 Å². The molecule has 3 aliphatic rings. The molecule has 2 fully saturated rings. The standard InChI is InChI=1S/C30H37N5O2/c1-37-28(36)16-25(23-5-2-6-24(15-23)27-8-4-12-31-27)17-35-20-30(21-35)11-14-34(19-30)18-26-10-9-22-7-3-13-32-29(22)33-26/h2,4-6,8-10,12,15,25,31H,3,7,11,13-14,16-21H2,1H3,(H,32,33)/t25-/m1/s1. The van der Waals surface area contributed by atoms with Crippen LogP contribution in [0.4, 0.5) is 5.82 Å². The zero-order chi connectivity index (χ0) is 25.2. The first-order chi connectivity index (χ1) is 18.1. The summed E-state index contributed by atoms with van der Waals surface area (Å²) in [6.45, 7) is 7.27. The molecule has 7 heteroatoms. The van der Waals surface area contributed by atoms with E-state index in [2.05, 4.69) is 62.6 Å². The zero-order valence-electron chi connectivity index (χ0n) is 21.7. The third-order valence-corrected chi connectivity index (χ3v) is 8.36. The van der Waals surface area contributed by atoms with E-state index in [1.54, 1.807) is 0 Å². The van der Waals surface area contributed by atoms with Gasteiger partial charge >= 0.3 is 5.97 Å². The average Bonchev–Trinajstić information content (AvgIpc) is 3.59. The second kappa shape index (κ2) is 10.3. The molecule has 2 saturated heterocycles. The van der Waals surface area contributed by atoms with Crippen LogP contribution in [0.2, 0.25) is 0 Å². The number of aromatic nitrogens is 2. The molecule has 2 aromatic heterocycles. The van der Waals surface area contributed by atoms with Crippen molar-refractivity contribution in [3.8, 4) is 11.3 Å². The Morgan fingerprint density at radius 2 is 2.03 bits per heavy atom. The summed E-state index contributed by atoms with van der Waals surface area (Å²) in [4.78, 5) is 25.6. The number of ether oxygens (including phenoxy) is 1. The molecule has 0 aliphatic carbocycles. The molecule has 5 heterocycles. The number of pyridine rings is 1. The minimum absolute atomic E-state index is 0.115. The summed E-state index contributed by atoms with van der Waals surface area (Å²) in [5, 5.41) is 3.46. The maximum Gasteiger partial charge on any atom is 0.306 e. The number of aryl methyl sites for hydroxylation is 1. The number of rotatable bonds is 8. The first-order valence-electron chi connectivity index (χ1n) is 13.6. The van der Waals surface area contributed by atoms with Gasteiger partial charge in [-0.1, -0.05) is 24.3 Å². The van der Waals surface area contributed by atoms with Crippen LogP contribution >= 0.6 is 0 Å². The quantitative estimate of drug-likeness (QED) is 0.451. The average molecular weight is 500 g/mol. The number of nitrogens with one attached hydrogen (secondary N) is 2. The summed E-state index contributed by atoms with van der Waals surface area (Å²) in [5.41, 5.74) is 6.32. The molecule has 1 aromatic carbocycles. The number of aromatic amines is 1. The van der Waals surface area contributed by atoms with Crippen LogP contribution < -0.4 is 5.32 Å². The van der Waals surface area contributed by atoms with Gasteiger partial charge in [0, 0.05) is 62.5 Å². The van der Waals surface area contributed by atoms with Crippen LogP contribution in [0.1, 0.15) is 42.0 Å². The van der Waals surface area contributed by atoms with Gasteiger partial charge in [0.1, 0.15) is 5.82 Å². The van der Waals surface area contributed by atoms with E-state index in [1.165, 1.54) is 36.8 Å². The second-order valence-corrected chi connectivity index (χ2v) is 11.2. The Kier molecular flexibility index (Phi) is 6.74. The summed E-state index contributed by atoms with van der Waals surface area (Å²) in [5.74, 6) is 1.05. The van der Waals surface area contributed by atoms with Crippen molar-refractivity contribution >= 4 is 11.8 Å². The fourth-order valence-corrected chi connectivity index (χ4v) is 6.49. The van der Waals surface area contributed by atoms with Crippen LogP contribution in [-0.2, 0) is 22.5 Å². The summed E-state index contributed by atoms with van der Waals surface area (Å²) in [6, 6.07) is 17.1. The van der Waals surface area contributed by atoms with Crippen molar-refractivity contribution in [3.05, 3.63) is 71.5 Å². The van der Waals surface area contributed by atoms with Gasteiger partial charge in [-0.2, -0.15) is 0 Å². The van der Waals surface area contributed by atoms with E-state index in [0.717, 1.165) is 69.3 Å². The number of likely N-dealkylation sites (tertiary alicyclic amines) is 2. The Bertz CT molecular complexity index is 1230. The lowest BCUT2D eigenvalue weighted by molar-refractivity contribution is -0.141. The minimum atomic E-state index is -0.149. The van der Waals surface area contributed by atoms with Crippen LogP contribution in [-0.4, -0.2) is 72.1 Å². The Balaban J connectivity index is 1.08. The molecule has 0 unspecified atom stereocenters. The maximum absolute atomic E-state index is 12.3. The highest BCUT2D eigenvalue weighted by Gasteiger charge is 2.47. The van der Waals surface area contributed by atoms with E-state index in [9.17, 15) is 4.79 Å². The van der Waals surface area contributed by atoms with Gasteiger partial charge in [0.25, 0.3) is 0 Å². The number of methoxy groups -OCH3 is 1. The van der Waals surface area contributed by atoms with Gasteiger partial charge in [0.15, 0.2) is 0 Å². The molecule has 1 atom stereocenters. The molecule has 0 amide bonds. The fourth-order valence-electron chi connectivity index (χ4n) is 6.49. The SMILES string of the molecule is COC(=O)C[C@H](CN1CC2(CCN(Cc3ccc4c(n3)NCCC4)C2)C1)c1cccc(-c2ccc[nH]2)c1. The smallest absolute Gasteiger partial charge is 0.306 e. The first kappa shape index (κ1) is 24.2. The third-order valence-electron chi connectivity index (χ3n) is 8.36. The highest BCUT2D eigenvalue weighted by atomic mass is 16.5. The van der Waals surface area contributed by atoms with E-state index in [4.69, 9.17) is 9.72 Å². The van der Waals surface area contributed by atoms with E-state index in [-0.39, 0.29) is 11.9 Å². The summed E-state index contributed by atoms with van der Waals surface area (Å²) < 4.78 is 5.06. The normalized spacial score (nSPS) is 19.7. The van der Waals surface area contributed by atoms with E-state index < -0.39 is 0 Å². The molecule has 0 bridgehead atoms. The predicted octanol–water partition coefficient (Wildman–Crippen LogP) is 4.29. The number of fused-ring (bicyclic) bond motifs is 1. The van der Waals surface area contributed by atoms with Gasteiger partial charge in [-0.3, -0.25) is 9.69 Å². The van der Waals surface area contributed by atoms with Crippen molar-refractivity contribution in [2.45, 2.75) is 38.1 Å². The largest absolute Gasteiger partial charge is 0.469 e. The number of benzene rings is 1. The monoisotopic (exact) mass is 499 g/mol. The van der Waals surface area contributed by atoms with Crippen molar-refractivity contribution in [3.63, 3.8) is 0 Å². The Hall–Kier alpha value is -3.16. The summed E-state index contributed by atoms with van der Waals surface area (Å²) >= 11 is 0. The minimum Gasteiger partial charge on any atom is -0.469 e. The number of anilines is 1. The van der Waals surface area contributed by atoms with Gasteiger partial charge < -0.3 is 19.9 Å². The number of carbonyl (C=O) groups excluding carboxylic acids is 1. The lowest BCUT2D eigenvalue weighted by atomic mass is 9.78. The van der Waals surface area contributed by atoms with Crippen LogP contribution in [0.15, 0.2) is 54.7 Å². The molecule has 6 rings (SSSR count). The lowest BCUT2D eigenvalue weighted by Crippen LogP contribution is -2.58. The highest BCUT2D eigenvalue weighted by molar-refractivity contribution is 5.71. The van der Waals surface area contributed by atoms with Gasteiger partial charge in [0.05, 0.1) is 19.2 Å². The molecule has 0 radical (unpaired) electrons. The van der Waals surface area contributed by atoms with E-state index in [0.29, 0.717) is 11.8 Å². The Labute approximate surface area is 219 Å². The number of esters is 1. The van der Waals surface area contributed by atoms with Crippen LogP contribution in [0.3, 0.4) is 0 Å². The van der Waals surface area contributed by atoms with Gasteiger partial charge in [-0.05, 0) is 66.8 Å². The van der Waals surface area contributed by atoms with E-state index >= 15 is 0 Å². The molecule has 3 aliphatic heterocycles. The number of hydrogen-bond donors (Lipinski definition) is 2. The molecule has 7 nitrogen and oxygen atoms in total. The maximum atomic E-state index is 12.3. The molecule has 194 valence electrons. The summed E-state index contributed by atoms with van der Waals surface area (Å²) in [6.07, 6.45) is 5.90. The van der Waals surface area contributed by atoms with Crippen LogP contribution in [0, 0.1) is 5.41 Å². The van der Waals surface area contributed by atoms with Gasteiger partial charge in [-0.25, -0.2) is 4.98 Å². The second-order valence-electron chi connectivity index (χ2n) is 11.2. The molecule has 3 aromatic rings. The van der Waals surface area contributed by atoms with Crippen molar-refractivity contribution in [2.24, 2.45) is 5.41 Å². The topological polar surface area (TPSA) is 73.5 Å². The van der Waals surface area contributed by atoms with Crippen molar-refractivity contribution in [1.82, 2.24) is 19.8 Å². The molecular formula is C30H37N5O2. The van der Waals surface area contributed by atoms with Gasteiger partial charge in [-0.15, -0.1) is 0 Å². The molecular weight excluding hydrogens is 462 g/mol. The number of carbonyl (C=O) groups is 1. The van der Waals surface area contributed by atoms with Gasteiger partial charge in [0.2, 0.25) is 0 Å². The number of nitrogens with zero attached hydrogens (tertiary/aromatic N) is 3. The highest BCUT2D eigenvalue weighted by Crippen LogP contribution is 2.41. The van der Waals surface area contributed by atoms with Crippen LogP contribution in [0.5, 0.6) is 0 Å². The number of H-pyrrole nitrogens is 1. The number of hydrogen-bond acceptors (Lipinski definition) is 6. The zero-order valence-corrected chi connectivity index (χ0v) is 21.7. The van der Waals surface area contributed by atoms with Crippen LogP contribution in [0.25, 0.3) is 11.3 Å². The third kappa shape index (κ3) is 5.29. The predicted molar refractivity (Wildman–Crippen MR) is 145 cm³/mol. The molecule has 37 heavy (non-hydrogen) atoms. The molecule has 2 N–H and O–H groups in total. The first-order valence-corrected chi connectivity index (χ1v) is 13.6. The van der Waals surface area contributed by atoms with E-state index in [1.807, 2.05) is 12.3 Å². The fraction of sp³-hybridized carbons (Fsp3) is 0.467. The Morgan fingerprint density at radius 3 is 2.86 bits per heavy atom. The lowest BCUT2D eigenvalue weighted by Gasteiger charge is -2.49. The molecule has 0 saturated carbocycles. The van der Waals surface area contributed by atoms with Crippen molar-refractivity contribution < 1.29 is 9.53 Å². The Morgan fingerprint density at radius 1 is 1.14 bits per heavy atom.